The summed E-state index contributed by atoms with van der Waals surface area (Å²) in [6, 6.07) is 7.67. The zero-order valence-electron chi connectivity index (χ0n) is 12.9. The molecule has 0 atom stereocenters. The van der Waals surface area contributed by atoms with Gasteiger partial charge in [0.25, 0.3) is 0 Å². The van der Waals surface area contributed by atoms with Crippen LogP contribution in [0.1, 0.15) is 46.1 Å². The molecule has 1 rings (SSSR count). The molecule has 0 fully saturated rings. The Bertz CT molecular complexity index is 369. The molecule has 1 aromatic carbocycles. The van der Waals surface area contributed by atoms with Gasteiger partial charge >= 0.3 is 0 Å². The minimum Gasteiger partial charge on any atom is -0.508 e. The molecule has 0 aromatic heterocycles. The fraction of sp³-hybridized carbons (Fsp3) is 0.647. The summed E-state index contributed by atoms with van der Waals surface area (Å²) in [6.45, 7) is 11.1. The predicted molar refractivity (Wildman–Crippen MR) is 82.5 cm³/mol. The summed E-state index contributed by atoms with van der Waals surface area (Å²) in [4.78, 5) is 0. The lowest BCUT2D eigenvalue weighted by Crippen LogP contribution is -2.36. The van der Waals surface area contributed by atoms with E-state index in [0.717, 1.165) is 32.4 Å². The highest BCUT2D eigenvalue weighted by Crippen LogP contribution is 2.31. The Kier molecular flexibility index (Phi) is 6.36. The van der Waals surface area contributed by atoms with Gasteiger partial charge in [0.05, 0.1) is 0 Å². The van der Waals surface area contributed by atoms with Crippen molar-refractivity contribution in [2.24, 2.45) is 11.3 Å². The van der Waals surface area contributed by atoms with E-state index >= 15 is 0 Å². The summed E-state index contributed by atoms with van der Waals surface area (Å²) in [5.41, 5.74) is 1.53. The Morgan fingerprint density at radius 3 is 2.42 bits per heavy atom. The molecule has 0 spiro atoms. The van der Waals surface area contributed by atoms with Crippen molar-refractivity contribution in [3.63, 3.8) is 0 Å². The average Bonchev–Trinajstić information content (AvgIpc) is 2.37. The molecule has 0 radical (unpaired) electrons. The van der Waals surface area contributed by atoms with Crippen LogP contribution in [0.15, 0.2) is 24.3 Å². The van der Waals surface area contributed by atoms with Gasteiger partial charge in [-0.2, -0.15) is 0 Å². The lowest BCUT2D eigenvalue weighted by molar-refractivity contribution is 0.243. The predicted octanol–water partition coefficient (Wildman–Crippen LogP) is 3.99. The number of rotatable bonds is 8. The molecule has 0 aliphatic heterocycles. The number of benzene rings is 1. The number of nitrogens with one attached hydrogen (secondary N) is 1. The van der Waals surface area contributed by atoms with Crippen LogP contribution in [0.3, 0.4) is 0 Å². The summed E-state index contributed by atoms with van der Waals surface area (Å²) in [5, 5.41) is 13.2. The van der Waals surface area contributed by atoms with Crippen LogP contribution in [0, 0.1) is 11.3 Å². The molecule has 0 amide bonds. The second-order valence-corrected chi connectivity index (χ2v) is 6.08. The minimum atomic E-state index is 0.294. The van der Waals surface area contributed by atoms with E-state index in [0.29, 0.717) is 17.1 Å². The number of aromatic hydroxyl groups is 1. The van der Waals surface area contributed by atoms with Gasteiger partial charge in [0.15, 0.2) is 0 Å². The van der Waals surface area contributed by atoms with Crippen molar-refractivity contribution in [3.05, 3.63) is 29.8 Å². The van der Waals surface area contributed by atoms with Crippen molar-refractivity contribution in [2.45, 2.75) is 47.0 Å². The molecule has 2 nitrogen and oxygen atoms in total. The lowest BCUT2D eigenvalue weighted by atomic mass is 9.76. The maximum absolute atomic E-state index is 9.59. The van der Waals surface area contributed by atoms with E-state index in [2.05, 4.69) is 39.1 Å². The first kappa shape index (κ1) is 16.0. The molecule has 0 saturated heterocycles. The first-order valence-electron chi connectivity index (χ1n) is 7.50. The summed E-state index contributed by atoms with van der Waals surface area (Å²) in [6.07, 6.45) is 3.34. The fourth-order valence-corrected chi connectivity index (χ4v) is 2.54. The normalized spacial score (nSPS) is 12.1. The van der Waals surface area contributed by atoms with Gasteiger partial charge in [-0.25, -0.2) is 0 Å². The van der Waals surface area contributed by atoms with Crippen LogP contribution in [0.5, 0.6) is 5.75 Å². The van der Waals surface area contributed by atoms with Gasteiger partial charge in [-0.15, -0.1) is 0 Å². The molecule has 1 aromatic rings. The number of phenols is 1. The third kappa shape index (κ3) is 5.23. The van der Waals surface area contributed by atoms with Crippen LogP contribution in [0.2, 0.25) is 0 Å². The van der Waals surface area contributed by atoms with Gasteiger partial charge in [0.2, 0.25) is 0 Å². The lowest BCUT2D eigenvalue weighted by Gasteiger charge is -2.32. The number of phenolic OH excluding ortho intramolecular Hbond substituents is 1. The molecule has 108 valence electrons. The van der Waals surface area contributed by atoms with Gasteiger partial charge in [0.1, 0.15) is 5.75 Å². The standard InChI is InChI=1S/C17H29NO/c1-5-17(6-2,13-18-12-14(3)4)11-15-8-7-9-16(19)10-15/h7-10,14,18-19H,5-6,11-13H2,1-4H3. The van der Waals surface area contributed by atoms with Crippen molar-refractivity contribution in [1.29, 1.82) is 0 Å². The summed E-state index contributed by atoms with van der Waals surface area (Å²) in [7, 11) is 0. The molecule has 19 heavy (non-hydrogen) atoms. The zero-order chi connectivity index (χ0) is 14.3. The summed E-state index contributed by atoms with van der Waals surface area (Å²) < 4.78 is 0. The smallest absolute Gasteiger partial charge is 0.115 e. The Balaban J connectivity index is 2.69. The Hall–Kier alpha value is -1.02. The van der Waals surface area contributed by atoms with Crippen molar-refractivity contribution in [1.82, 2.24) is 5.32 Å². The van der Waals surface area contributed by atoms with Crippen molar-refractivity contribution in [3.8, 4) is 5.75 Å². The van der Waals surface area contributed by atoms with E-state index in [1.54, 1.807) is 6.07 Å². The quantitative estimate of drug-likeness (QED) is 0.743. The van der Waals surface area contributed by atoms with Crippen LogP contribution in [-0.2, 0) is 6.42 Å². The number of hydrogen-bond donors (Lipinski definition) is 2. The van der Waals surface area contributed by atoms with E-state index in [9.17, 15) is 5.11 Å². The second kappa shape index (κ2) is 7.54. The molecular weight excluding hydrogens is 234 g/mol. The van der Waals surface area contributed by atoms with Crippen molar-refractivity contribution >= 4 is 0 Å². The molecule has 0 unspecified atom stereocenters. The van der Waals surface area contributed by atoms with Crippen LogP contribution >= 0.6 is 0 Å². The van der Waals surface area contributed by atoms with Gasteiger partial charge in [-0.05, 0) is 54.8 Å². The van der Waals surface area contributed by atoms with E-state index in [1.165, 1.54) is 5.56 Å². The largest absolute Gasteiger partial charge is 0.508 e. The molecule has 2 N–H and O–H groups in total. The molecule has 0 heterocycles. The van der Waals surface area contributed by atoms with Gasteiger partial charge in [-0.3, -0.25) is 0 Å². The first-order valence-corrected chi connectivity index (χ1v) is 7.50. The molecule has 0 aliphatic carbocycles. The minimum absolute atomic E-state index is 0.294. The SMILES string of the molecule is CCC(CC)(CNCC(C)C)Cc1cccc(O)c1. The molecule has 0 aliphatic rings. The van der Waals surface area contributed by atoms with Crippen LogP contribution in [0.25, 0.3) is 0 Å². The maximum atomic E-state index is 9.59. The molecule has 2 heteroatoms. The molecule has 0 bridgehead atoms. The fourth-order valence-electron chi connectivity index (χ4n) is 2.54. The zero-order valence-corrected chi connectivity index (χ0v) is 12.9. The highest BCUT2D eigenvalue weighted by Gasteiger charge is 2.26. The molecular formula is C17H29NO. The van der Waals surface area contributed by atoms with Crippen LogP contribution < -0.4 is 5.32 Å². The van der Waals surface area contributed by atoms with Crippen molar-refractivity contribution in [2.75, 3.05) is 13.1 Å². The summed E-state index contributed by atoms with van der Waals surface area (Å²) >= 11 is 0. The monoisotopic (exact) mass is 263 g/mol. The van der Waals surface area contributed by atoms with E-state index in [4.69, 9.17) is 0 Å². The molecule has 0 saturated carbocycles. The highest BCUT2D eigenvalue weighted by molar-refractivity contribution is 5.28. The van der Waals surface area contributed by atoms with Gasteiger partial charge < -0.3 is 10.4 Å². The average molecular weight is 263 g/mol. The third-order valence-corrected chi connectivity index (χ3v) is 4.04. The Morgan fingerprint density at radius 1 is 1.21 bits per heavy atom. The number of hydrogen-bond acceptors (Lipinski definition) is 2. The van der Waals surface area contributed by atoms with E-state index in [1.807, 2.05) is 12.1 Å². The maximum Gasteiger partial charge on any atom is 0.115 e. The second-order valence-electron chi connectivity index (χ2n) is 6.08. The topological polar surface area (TPSA) is 32.3 Å². The summed E-state index contributed by atoms with van der Waals surface area (Å²) in [5.74, 6) is 1.06. The Labute approximate surface area is 118 Å². The van der Waals surface area contributed by atoms with Gasteiger partial charge in [0, 0.05) is 6.54 Å². The van der Waals surface area contributed by atoms with Crippen LogP contribution in [0.4, 0.5) is 0 Å². The first-order chi connectivity index (χ1) is 9.01. The van der Waals surface area contributed by atoms with Crippen molar-refractivity contribution < 1.29 is 5.11 Å². The van der Waals surface area contributed by atoms with E-state index in [-0.39, 0.29) is 0 Å². The van der Waals surface area contributed by atoms with Gasteiger partial charge in [-0.1, -0.05) is 39.8 Å². The Morgan fingerprint density at radius 2 is 1.89 bits per heavy atom. The van der Waals surface area contributed by atoms with Crippen LogP contribution in [-0.4, -0.2) is 18.2 Å². The third-order valence-electron chi connectivity index (χ3n) is 4.04. The van der Waals surface area contributed by atoms with E-state index < -0.39 is 0 Å². The highest BCUT2D eigenvalue weighted by atomic mass is 16.3.